The van der Waals surface area contributed by atoms with Crippen LogP contribution in [-0.2, 0) is 11.2 Å². The third-order valence-electron chi connectivity index (χ3n) is 4.85. The molecule has 0 atom stereocenters. The smallest absolute Gasteiger partial charge is 0.346 e. The van der Waals surface area contributed by atoms with E-state index in [0.717, 1.165) is 11.3 Å². The molecule has 9 heteroatoms. The van der Waals surface area contributed by atoms with Crippen molar-refractivity contribution in [1.29, 1.82) is 0 Å². The fourth-order valence-electron chi connectivity index (χ4n) is 3.26. The number of fused-ring (bicyclic) bond motifs is 1. The molecule has 0 aliphatic carbocycles. The zero-order valence-electron chi connectivity index (χ0n) is 17.0. The van der Waals surface area contributed by atoms with Gasteiger partial charge in [0.1, 0.15) is 22.1 Å². The lowest BCUT2D eigenvalue weighted by molar-refractivity contribution is -0.134. The van der Waals surface area contributed by atoms with E-state index < -0.39 is 11.6 Å². The van der Waals surface area contributed by atoms with E-state index in [1.165, 1.54) is 17.4 Å². The van der Waals surface area contributed by atoms with Crippen LogP contribution < -0.4 is 10.4 Å². The summed E-state index contributed by atoms with van der Waals surface area (Å²) in [6.07, 6.45) is 0.392. The zero-order valence-corrected chi connectivity index (χ0v) is 18.6. The van der Waals surface area contributed by atoms with Crippen LogP contribution in [0.2, 0.25) is 5.15 Å². The molecule has 2 aromatic carbocycles. The number of aryl methyl sites for hydroxylation is 1. The molecule has 5 rings (SSSR count). The van der Waals surface area contributed by atoms with E-state index in [1.54, 1.807) is 24.3 Å². The number of rotatable bonds is 6. The third kappa shape index (κ3) is 4.72. The minimum absolute atomic E-state index is 0.0836. The average Bonchev–Trinajstić information content (AvgIpc) is 3.47. The van der Waals surface area contributed by atoms with Gasteiger partial charge in [0.25, 0.3) is 0 Å². The molecule has 0 fully saturated rings. The Morgan fingerprint density at radius 3 is 2.73 bits per heavy atom. The van der Waals surface area contributed by atoms with Crippen molar-refractivity contribution in [3.8, 4) is 27.6 Å². The van der Waals surface area contributed by atoms with Crippen LogP contribution >= 0.6 is 22.9 Å². The lowest BCUT2D eigenvalue weighted by atomic mass is 10.1. The highest BCUT2D eigenvalue weighted by Gasteiger charge is 2.14. The van der Waals surface area contributed by atoms with Crippen LogP contribution in [0.3, 0.4) is 0 Å². The molecule has 0 radical (unpaired) electrons. The van der Waals surface area contributed by atoms with Crippen molar-refractivity contribution in [3.05, 3.63) is 87.4 Å². The van der Waals surface area contributed by atoms with Gasteiger partial charge >= 0.3 is 11.6 Å². The lowest BCUT2D eigenvalue weighted by Gasteiger charge is -2.05. The highest BCUT2D eigenvalue weighted by molar-refractivity contribution is 7.13. The first-order chi connectivity index (χ1) is 16.0. The summed E-state index contributed by atoms with van der Waals surface area (Å²) < 4.78 is 15.8. The van der Waals surface area contributed by atoms with Crippen LogP contribution in [0.4, 0.5) is 0 Å². The number of ether oxygens (including phenoxy) is 1. The molecular weight excluding hydrogens is 464 g/mol. The maximum absolute atomic E-state index is 12.6. The topological polar surface area (TPSA) is 95.4 Å². The number of aromatic nitrogens is 2. The van der Waals surface area contributed by atoms with E-state index >= 15 is 0 Å². The number of carbonyl (C=O) groups is 1. The van der Waals surface area contributed by atoms with Crippen molar-refractivity contribution < 1.29 is 18.5 Å². The van der Waals surface area contributed by atoms with Gasteiger partial charge in [0.15, 0.2) is 5.15 Å². The largest absolute Gasteiger partial charge is 0.426 e. The number of esters is 1. The summed E-state index contributed by atoms with van der Waals surface area (Å²) in [4.78, 5) is 29.4. The maximum Gasteiger partial charge on any atom is 0.346 e. The van der Waals surface area contributed by atoms with Gasteiger partial charge in [0.2, 0.25) is 0 Å². The van der Waals surface area contributed by atoms with Crippen molar-refractivity contribution in [2.75, 3.05) is 0 Å². The first kappa shape index (κ1) is 21.1. The standard InChI is InChI=1S/C24H15ClN2O5S/c25-21-12-17(32-27-21)8-9-22(28)30-16-7-6-15-10-18(24(29)31-20(15)11-16)23-26-19(13-33-23)14-4-2-1-3-5-14/h1-7,10-13H,8-9H2. The molecule has 0 amide bonds. The number of nitrogens with zero attached hydrogens (tertiary/aromatic N) is 2. The molecule has 0 saturated carbocycles. The van der Waals surface area contributed by atoms with Gasteiger partial charge in [-0.2, -0.15) is 0 Å². The van der Waals surface area contributed by atoms with Gasteiger partial charge in [0.05, 0.1) is 17.7 Å². The molecule has 164 valence electrons. The van der Waals surface area contributed by atoms with E-state index in [-0.39, 0.29) is 17.3 Å². The number of thiazole rings is 1. The zero-order chi connectivity index (χ0) is 22.8. The highest BCUT2D eigenvalue weighted by atomic mass is 35.5. The molecule has 3 heterocycles. The Labute approximate surface area is 196 Å². The van der Waals surface area contributed by atoms with E-state index in [9.17, 15) is 9.59 Å². The minimum atomic E-state index is -0.512. The van der Waals surface area contributed by atoms with E-state index in [4.69, 9.17) is 25.3 Å². The molecule has 0 saturated heterocycles. The predicted molar refractivity (Wildman–Crippen MR) is 124 cm³/mol. The summed E-state index contributed by atoms with van der Waals surface area (Å²) in [5.41, 5.74) is 1.95. The molecule has 0 aliphatic heterocycles. The molecule has 5 aromatic rings. The summed E-state index contributed by atoms with van der Waals surface area (Å²) >= 11 is 7.07. The number of hydrogen-bond donors (Lipinski definition) is 0. The Hall–Kier alpha value is -3.75. The number of hydrogen-bond acceptors (Lipinski definition) is 8. The van der Waals surface area contributed by atoms with Crippen LogP contribution in [0, 0.1) is 0 Å². The van der Waals surface area contributed by atoms with Gasteiger partial charge in [-0.05, 0) is 18.2 Å². The fourth-order valence-corrected chi connectivity index (χ4v) is 4.24. The molecular formula is C24H15ClN2O5S. The number of carbonyl (C=O) groups excluding carboxylic acids is 1. The summed E-state index contributed by atoms with van der Waals surface area (Å²) in [6, 6.07) is 17.9. The molecule has 33 heavy (non-hydrogen) atoms. The Morgan fingerprint density at radius 2 is 1.94 bits per heavy atom. The van der Waals surface area contributed by atoms with E-state index in [1.807, 2.05) is 35.7 Å². The van der Waals surface area contributed by atoms with Crippen molar-refractivity contribution >= 4 is 39.9 Å². The van der Waals surface area contributed by atoms with Crippen molar-refractivity contribution in [2.24, 2.45) is 0 Å². The van der Waals surface area contributed by atoms with Crippen molar-refractivity contribution in [3.63, 3.8) is 0 Å². The fraction of sp³-hybridized carbons (Fsp3) is 0.0833. The summed E-state index contributed by atoms with van der Waals surface area (Å²) in [7, 11) is 0. The average molecular weight is 479 g/mol. The van der Waals surface area contributed by atoms with Gasteiger partial charge < -0.3 is 13.7 Å². The minimum Gasteiger partial charge on any atom is -0.426 e. The van der Waals surface area contributed by atoms with Crippen molar-refractivity contribution in [1.82, 2.24) is 10.1 Å². The Morgan fingerprint density at radius 1 is 1.09 bits per heavy atom. The number of benzene rings is 2. The Kier molecular flexibility index (Phi) is 5.77. The quantitative estimate of drug-likeness (QED) is 0.174. The molecule has 0 bridgehead atoms. The summed E-state index contributed by atoms with van der Waals surface area (Å²) in [6.45, 7) is 0. The van der Waals surface area contributed by atoms with Gasteiger partial charge in [-0.15, -0.1) is 11.3 Å². The van der Waals surface area contributed by atoms with Crippen LogP contribution in [0.5, 0.6) is 5.75 Å². The van der Waals surface area contributed by atoms with Crippen LogP contribution in [0.25, 0.3) is 32.8 Å². The van der Waals surface area contributed by atoms with Crippen molar-refractivity contribution in [2.45, 2.75) is 12.8 Å². The molecule has 3 aromatic heterocycles. The van der Waals surface area contributed by atoms with E-state index in [2.05, 4.69) is 10.1 Å². The second-order valence-corrected chi connectivity index (χ2v) is 8.39. The Bertz CT molecular complexity index is 1510. The predicted octanol–water partition coefficient (Wildman–Crippen LogP) is 5.76. The first-order valence-corrected chi connectivity index (χ1v) is 11.2. The molecule has 0 aliphatic rings. The monoisotopic (exact) mass is 478 g/mol. The summed E-state index contributed by atoms with van der Waals surface area (Å²) in [5.74, 6) is 0.309. The normalized spacial score (nSPS) is 11.1. The van der Waals surface area contributed by atoms with E-state index in [0.29, 0.717) is 33.7 Å². The second-order valence-electron chi connectivity index (χ2n) is 7.14. The molecule has 0 N–H and O–H groups in total. The second kappa shape index (κ2) is 9.01. The Balaban J connectivity index is 1.34. The third-order valence-corrected chi connectivity index (χ3v) is 5.90. The van der Waals surface area contributed by atoms with Gasteiger partial charge in [-0.3, -0.25) is 4.79 Å². The van der Waals surface area contributed by atoms with Crippen LogP contribution in [0.15, 0.2) is 79.8 Å². The SMILES string of the molecule is O=C(CCc1cc(Cl)no1)Oc1ccc2cc(-c3nc(-c4ccccc4)cs3)c(=O)oc2c1. The van der Waals surface area contributed by atoms with Gasteiger partial charge in [0, 0.05) is 34.9 Å². The van der Waals surface area contributed by atoms with Crippen LogP contribution in [-0.4, -0.2) is 16.1 Å². The van der Waals surface area contributed by atoms with Gasteiger partial charge in [-0.1, -0.05) is 47.1 Å². The highest BCUT2D eigenvalue weighted by Crippen LogP contribution is 2.29. The molecule has 0 spiro atoms. The number of halogens is 1. The van der Waals surface area contributed by atoms with Gasteiger partial charge in [-0.25, -0.2) is 9.78 Å². The molecule has 7 nitrogen and oxygen atoms in total. The lowest BCUT2D eigenvalue weighted by Crippen LogP contribution is -2.09. The summed E-state index contributed by atoms with van der Waals surface area (Å²) in [5, 5.41) is 6.97. The first-order valence-electron chi connectivity index (χ1n) is 9.96. The molecule has 0 unspecified atom stereocenters. The van der Waals surface area contributed by atoms with Crippen LogP contribution in [0.1, 0.15) is 12.2 Å². The maximum atomic E-state index is 12.6.